The van der Waals surface area contributed by atoms with Crippen molar-refractivity contribution in [3.8, 4) is 11.5 Å². The maximum absolute atomic E-state index is 12.5. The van der Waals surface area contributed by atoms with Gasteiger partial charge < -0.3 is 8.92 Å². The van der Waals surface area contributed by atoms with Crippen molar-refractivity contribution in [2.24, 2.45) is 0 Å². The molecule has 126 valence electrons. The molecule has 7 nitrogen and oxygen atoms in total. The highest BCUT2D eigenvalue weighted by Gasteiger charge is 2.50. The molecule has 0 N–H and O–H groups in total. The van der Waals surface area contributed by atoms with Gasteiger partial charge >= 0.3 is 21.3 Å². The van der Waals surface area contributed by atoms with Gasteiger partial charge in [0.2, 0.25) is 5.75 Å². The minimum absolute atomic E-state index is 0.0320. The van der Waals surface area contributed by atoms with E-state index >= 15 is 0 Å². The number of hydrogen-bond donors (Lipinski definition) is 0. The van der Waals surface area contributed by atoms with Crippen LogP contribution in [0.4, 0.5) is 18.9 Å². The zero-order chi connectivity index (χ0) is 17.6. The van der Waals surface area contributed by atoms with Crippen LogP contribution in [0.5, 0.6) is 11.5 Å². The minimum atomic E-state index is -6.06. The summed E-state index contributed by atoms with van der Waals surface area (Å²) in [5.41, 5.74) is -7.72. The monoisotopic (exact) mass is 353 g/mol. The van der Waals surface area contributed by atoms with Gasteiger partial charge in [-0.3, -0.25) is 10.1 Å². The van der Waals surface area contributed by atoms with Crippen LogP contribution in [-0.2, 0) is 10.1 Å². The summed E-state index contributed by atoms with van der Waals surface area (Å²) in [6.07, 6.45) is 2.62. The summed E-state index contributed by atoms with van der Waals surface area (Å²) in [5, 5.41) is 11.0. The second-order valence-corrected chi connectivity index (χ2v) is 6.64. The van der Waals surface area contributed by atoms with Crippen LogP contribution < -0.4 is 8.92 Å². The van der Waals surface area contributed by atoms with E-state index in [0.29, 0.717) is 0 Å². The number of halogens is 3. The Kier molecular flexibility index (Phi) is 3.79. The van der Waals surface area contributed by atoms with Crippen LogP contribution in [0, 0.1) is 10.1 Å². The summed E-state index contributed by atoms with van der Waals surface area (Å²) in [4.78, 5) is 9.91. The maximum Gasteiger partial charge on any atom is 0.534 e. The zero-order valence-corrected chi connectivity index (χ0v) is 12.6. The molecule has 1 heterocycles. The Bertz CT molecular complexity index is 798. The normalized spacial score (nSPS) is 16.4. The van der Waals surface area contributed by atoms with E-state index in [1.807, 2.05) is 0 Å². The molecule has 0 amide bonds. The topological polar surface area (TPSA) is 95.7 Å². The van der Waals surface area contributed by atoms with Crippen LogP contribution in [0.3, 0.4) is 0 Å². The Morgan fingerprint density at radius 1 is 1.30 bits per heavy atom. The van der Waals surface area contributed by atoms with E-state index in [1.54, 1.807) is 13.8 Å². The predicted octanol–water partition coefficient (Wildman–Crippen LogP) is 3.01. The van der Waals surface area contributed by atoms with Crippen molar-refractivity contribution in [3.05, 3.63) is 33.9 Å². The van der Waals surface area contributed by atoms with E-state index in [0.717, 1.165) is 12.1 Å². The number of fused-ring (bicyclic) bond motifs is 1. The van der Waals surface area contributed by atoms with E-state index in [4.69, 9.17) is 4.74 Å². The third-order valence-corrected chi connectivity index (χ3v) is 3.79. The van der Waals surface area contributed by atoms with Crippen molar-refractivity contribution in [3.63, 3.8) is 0 Å². The van der Waals surface area contributed by atoms with Crippen LogP contribution in [0.2, 0.25) is 0 Å². The summed E-state index contributed by atoms with van der Waals surface area (Å²) in [7, 11) is -6.06. The molecule has 0 fully saturated rings. The fourth-order valence-electron chi connectivity index (χ4n) is 1.81. The predicted molar refractivity (Wildman–Crippen MR) is 72.4 cm³/mol. The number of nitrogens with zero attached hydrogens (tertiary/aromatic N) is 1. The van der Waals surface area contributed by atoms with E-state index in [2.05, 4.69) is 4.18 Å². The van der Waals surface area contributed by atoms with Crippen LogP contribution in [0.15, 0.2) is 18.2 Å². The highest BCUT2D eigenvalue weighted by molar-refractivity contribution is 7.88. The van der Waals surface area contributed by atoms with Gasteiger partial charge in [0.1, 0.15) is 11.4 Å². The van der Waals surface area contributed by atoms with E-state index in [1.165, 1.54) is 12.2 Å². The van der Waals surface area contributed by atoms with Gasteiger partial charge in [-0.15, -0.1) is 0 Å². The molecule has 11 heteroatoms. The molecule has 0 aliphatic carbocycles. The van der Waals surface area contributed by atoms with Crippen LogP contribution >= 0.6 is 0 Å². The first-order chi connectivity index (χ1) is 10.3. The molecule has 1 aliphatic heterocycles. The van der Waals surface area contributed by atoms with Crippen molar-refractivity contribution < 1.29 is 35.4 Å². The Labute approximate surface area is 128 Å². The van der Waals surface area contributed by atoms with Gasteiger partial charge in [-0.2, -0.15) is 21.6 Å². The number of alkyl halides is 3. The fourth-order valence-corrected chi connectivity index (χ4v) is 2.30. The van der Waals surface area contributed by atoms with Crippen LogP contribution in [0.25, 0.3) is 6.08 Å². The second kappa shape index (κ2) is 5.11. The van der Waals surface area contributed by atoms with Gasteiger partial charge in [0.25, 0.3) is 0 Å². The molecular weight excluding hydrogens is 343 g/mol. The average Bonchev–Trinajstić information content (AvgIpc) is 2.35. The van der Waals surface area contributed by atoms with Gasteiger partial charge in [0.05, 0.1) is 10.5 Å². The lowest BCUT2D eigenvalue weighted by atomic mass is 10.0. The number of hydrogen-bond acceptors (Lipinski definition) is 6. The van der Waals surface area contributed by atoms with Gasteiger partial charge in [0.15, 0.2) is 0 Å². The van der Waals surface area contributed by atoms with Crippen LogP contribution in [0.1, 0.15) is 19.4 Å². The molecule has 0 spiro atoms. The molecule has 0 atom stereocenters. The Morgan fingerprint density at radius 2 is 1.91 bits per heavy atom. The molecule has 2 rings (SSSR count). The number of nitro groups is 1. The quantitative estimate of drug-likeness (QED) is 0.359. The molecule has 0 radical (unpaired) electrons. The Balaban J connectivity index is 2.64. The SMILES string of the molecule is CC1(C)C=Cc2c(ccc([N+](=O)[O-])c2OS(=O)(=O)C(F)(F)F)O1. The van der Waals surface area contributed by atoms with Crippen molar-refractivity contribution in [1.29, 1.82) is 0 Å². The standard InChI is InChI=1S/C12H10F3NO6S/c1-11(2)6-5-7-9(21-11)4-3-8(16(17)18)10(7)22-23(19,20)12(13,14)15/h3-6H,1-2H3. The van der Waals surface area contributed by atoms with Crippen molar-refractivity contribution in [2.45, 2.75) is 25.0 Å². The Hall–Kier alpha value is -2.30. The first kappa shape index (κ1) is 17.1. The molecule has 1 aromatic rings. The third-order valence-electron chi connectivity index (χ3n) is 2.83. The third kappa shape index (κ3) is 3.23. The summed E-state index contributed by atoms with van der Waals surface area (Å²) < 4.78 is 69.2. The Morgan fingerprint density at radius 3 is 2.43 bits per heavy atom. The lowest BCUT2D eigenvalue weighted by Crippen LogP contribution is -2.30. The molecule has 0 bridgehead atoms. The van der Waals surface area contributed by atoms with Crippen molar-refractivity contribution >= 4 is 21.9 Å². The van der Waals surface area contributed by atoms with Gasteiger partial charge in [-0.1, -0.05) is 0 Å². The van der Waals surface area contributed by atoms with E-state index in [-0.39, 0.29) is 11.3 Å². The van der Waals surface area contributed by atoms with Crippen LogP contribution in [-0.4, -0.2) is 24.5 Å². The number of nitro benzene ring substituents is 1. The number of rotatable bonds is 3. The molecule has 23 heavy (non-hydrogen) atoms. The maximum atomic E-state index is 12.5. The first-order valence-corrected chi connectivity index (χ1v) is 7.45. The molecular formula is C12H10F3NO6S. The lowest BCUT2D eigenvalue weighted by molar-refractivity contribution is -0.385. The molecule has 0 saturated heterocycles. The summed E-state index contributed by atoms with van der Waals surface area (Å²) in [6.45, 7) is 3.28. The molecule has 0 aromatic heterocycles. The highest BCUT2D eigenvalue weighted by Crippen LogP contribution is 2.44. The molecule has 1 aromatic carbocycles. The molecule has 0 unspecified atom stereocenters. The average molecular weight is 353 g/mol. The lowest BCUT2D eigenvalue weighted by Gasteiger charge is -2.28. The minimum Gasteiger partial charge on any atom is -0.483 e. The number of ether oxygens (including phenoxy) is 1. The fraction of sp³-hybridized carbons (Fsp3) is 0.333. The van der Waals surface area contributed by atoms with Gasteiger partial charge in [-0.05, 0) is 32.1 Å². The zero-order valence-electron chi connectivity index (χ0n) is 11.7. The van der Waals surface area contributed by atoms with Crippen molar-refractivity contribution in [1.82, 2.24) is 0 Å². The molecule has 1 aliphatic rings. The number of benzene rings is 1. The highest BCUT2D eigenvalue weighted by atomic mass is 32.2. The van der Waals surface area contributed by atoms with Gasteiger partial charge in [0, 0.05) is 6.07 Å². The summed E-state index contributed by atoms with van der Waals surface area (Å²) >= 11 is 0. The second-order valence-electron chi connectivity index (χ2n) is 5.10. The van der Waals surface area contributed by atoms with E-state index in [9.17, 15) is 31.7 Å². The first-order valence-electron chi connectivity index (χ1n) is 6.04. The van der Waals surface area contributed by atoms with Gasteiger partial charge in [-0.25, -0.2) is 0 Å². The van der Waals surface area contributed by atoms with Crippen molar-refractivity contribution in [2.75, 3.05) is 0 Å². The largest absolute Gasteiger partial charge is 0.534 e. The smallest absolute Gasteiger partial charge is 0.483 e. The summed E-state index contributed by atoms with van der Waals surface area (Å²) in [5.74, 6) is -1.08. The van der Waals surface area contributed by atoms with E-state index < -0.39 is 37.6 Å². The molecule has 0 saturated carbocycles. The summed E-state index contributed by atoms with van der Waals surface area (Å²) in [6, 6.07) is 1.97.